The van der Waals surface area contributed by atoms with E-state index in [0.717, 1.165) is 12.1 Å². The van der Waals surface area contributed by atoms with Crippen molar-refractivity contribution in [1.29, 1.82) is 0 Å². The number of rotatable bonds is 5. The lowest BCUT2D eigenvalue weighted by atomic mass is 10.3. The molecule has 18 heavy (non-hydrogen) atoms. The van der Waals surface area contributed by atoms with Crippen molar-refractivity contribution < 1.29 is 12.8 Å². The van der Waals surface area contributed by atoms with Gasteiger partial charge in [-0.1, -0.05) is 0 Å². The second-order valence-electron chi connectivity index (χ2n) is 4.01. The predicted molar refractivity (Wildman–Crippen MR) is 73.6 cm³/mol. The van der Waals surface area contributed by atoms with Gasteiger partial charge in [-0.2, -0.15) is 16.1 Å². The Morgan fingerprint density at radius 3 is 2.61 bits per heavy atom. The number of hydrogen-bond donors (Lipinski definition) is 1. The van der Waals surface area contributed by atoms with Gasteiger partial charge in [-0.25, -0.2) is 12.8 Å². The molecule has 1 atom stereocenters. The quantitative estimate of drug-likeness (QED) is 0.840. The van der Waals surface area contributed by atoms with E-state index < -0.39 is 15.8 Å². The molecule has 0 heterocycles. The number of nitrogen functional groups attached to an aromatic ring is 1. The van der Waals surface area contributed by atoms with E-state index in [1.54, 1.807) is 11.8 Å². The number of nitrogens with two attached hydrogens (primary N) is 1. The molecule has 0 aliphatic heterocycles. The van der Waals surface area contributed by atoms with Crippen molar-refractivity contribution in [3.05, 3.63) is 24.0 Å². The minimum absolute atomic E-state index is 0.0110. The van der Waals surface area contributed by atoms with Gasteiger partial charge in [0.25, 0.3) is 0 Å². The van der Waals surface area contributed by atoms with Gasteiger partial charge in [-0.3, -0.25) is 0 Å². The van der Waals surface area contributed by atoms with Gasteiger partial charge in [-0.15, -0.1) is 0 Å². The standard InChI is InChI=1S/C11H17FN2O2S2/c1-8(7-17-3)14(2)18(15,16)9-4-5-10(12)11(13)6-9/h4-6,8H,7,13H2,1-3H3. The van der Waals surface area contributed by atoms with Crippen LogP contribution in [-0.2, 0) is 10.0 Å². The highest BCUT2D eigenvalue weighted by atomic mass is 32.2. The first-order valence-corrected chi connectivity index (χ1v) is 8.16. The van der Waals surface area contributed by atoms with Gasteiger partial charge in [0.1, 0.15) is 5.82 Å². The molecule has 1 aromatic carbocycles. The fourth-order valence-corrected chi connectivity index (χ4v) is 3.63. The molecular weight excluding hydrogens is 275 g/mol. The van der Waals surface area contributed by atoms with Crippen molar-refractivity contribution in [3.63, 3.8) is 0 Å². The highest BCUT2D eigenvalue weighted by molar-refractivity contribution is 7.98. The molecule has 1 unspecified atom stereocenters. The fourth-order valence-electron chi connectivity index (χ4n) is 1.43. The lowest BCUT2D eigenvalue weighted by Gasteiger charge is -2.23. The van der Waals surface area contributed by atoms with Crippen LogP contribution in [0.4, 0.5) is 10.1 Å². The summed E-state index contributed by atoms with van der Waals surface area (Å²) in [5, 5.41) is 0. The first-order chi connectivity index (χ1) is 8.30. The molecule has 0 fully saturated rings. The summed E-state index contributed by atoms with van der Waals surface area (Å²) in [6, 6.07) is 3.29. The van der Waals surface area contributed by atoms with Crippen molar-refractivity contribution in [3.8, 4) is 0 Å². The zero-order chi connectivity index (χ0) is 13.9. The average Bonchev–Trinajstić information content (AvgIpc) is 2.31. The van der Waals surface area contributed by atoms with Crippen LogP contribution in [0.3, 0.4) is 0 Å². The molecule has 0 bridgehead atoms. The van der Waals surface area contributed by atoms with Crippen LogP contribution in [0, 0.1) is 5.82 Å². The summed E-state index contributed by atoms with van der Waals surface area (Å²) in [7, 11) is -2.12. The Hall–Kier alpha value is -0.790. The van der Waals surface area contributed by atoms with Crippen LogP contribution in [0.1, 0.15) is 6.92 Å². The number of halogens is 1. The molecule has 7 heteroatoms. The Morgan fingerprint density at radius 2 is 2.11 bits per heavy atom. The third-order valence-corrected chi connectivity index (χ3v) is 5.46. The maximum absolute atomic E-state index is 13.0. The van der Waals surface area contributed by atoms with Crippen LogP contribution >= 0.6 is 11.8 Å². The van der Waals surface area contributed by atoms with Crippen molar-refractivity contribution in [2.24, 2.45) is 0 Å². The average molecular weight is 292 g/mol. The molecule has 0 radical (unpaired) electrons. The smallest absolute Gasteiger partial charge is 0.243 e. The number of hydrogen-bond acceptors (Lipinski definition) is 4. The Labute approximate surface area is 111 Å². The van der Waals surface area contributed by atoms with E-state index >= 15 is 0 Å². The van der Waals surface area contributed by atoms with Crippen molar-refractivity contribution in [1.82, 2.24) is 4.31 Å². The van der Waals surface area contributed by atoms with E-state index in [0.29, 0.717) is 5.75 Å². The number of nitrogens with zero attached hydrogens (tertiary/aromatic N) is 1. The van der Waals surface area contributed by atoms with Crippen molar-refractivity contribution >= 4 is 27.5 Å². The lowest BCUT2D eigenvalue weighted by molar-refractivity contribution is 0.415. The molecule has 0 saturated carbocycles. The summed E-state index contributed by atoms with van der Waals surface area (Å²) < 4.78 is 38.8. The molecule has 2 N–H and O–H groups in total. The topological polar surface area (TPSA) is 63.4 Å². The molecule has 1 rings (SSSR count). The zero-order valence-corrected chi connectivity index (χ0v) is 12.2. The number of sulfonamides is 1. The van der Waals surface area contributed by atoms with Gasteiger partial charge >= 0.3 is 0 Å². The summed E-state index contributed by atoms with van der Waals surface area (Å²) in [5.41, 5.74) is 5.23. The fraction of sp³-hybridized carbons (Fsp3) is 0.455. The molecule has 0 aromatic heterocycles. The third kappa shape index (κ3) is 3.15. The van der Waals surface area contributed by atoms with Crippen molar-refractivity contribution in [2.45, 2.75) is 17.9 Å². The molecule has 0 saturated heterocycles. The highest BCUT2D eigenvalue weighted by Crippen LogP contribution is 2.21. The summed E-state index contributed by atoms with van der Waals surface area (Å²) in [4.78, 5) is 0.0110. The Balaban J connectivity index is 3.09. The van der Waals surface area contributed by atoms with Gasteiger partial charge < -0.3 is 5.73 Å². The summed E-state index contributed by atoms with van der Waals surface area (Å²) in [5.74, 6) is 0.0700. The van der Waals surface area contributed by atoms with E-state index in [9.17, 15) is 12.8 Å². The minimum atomic E-state index is -3.63. The van der Waals surface area contributed by atoms with Crippen molar-refractivity contribution in [2.75, 3.05) is 24.8 Å². The number of thioether (sulfide) groups is 1. The second kappa shape index (κ2) is 5.90. The normalized spacial score (nSPS) is 13.8. The van der Waals surface area contributed by atoms with Crippen LogP contribution in [-0.4, -0.2) is 37.8 Å². The molecule has 0 aliphatic carbocycles. The second-order valence-corrected chi connectivity index (χ2v) is 6.92. The molecule has 102 valence electrons. The van der Waals surface area contributed by atoms with Crippen LogP contribution in [0.5, 0.6) is 0 Å². The van der Waals surface area contributed by atoms with Crippen LogP contribution in [0.2, 0.25) is 0 Å². The van der Waals surface area contributed by atoms with E-state index in [1.165, 1.54) is 17.4 Å². The Morgan fingerprint density at radius 1 is 1.50 bits per heavy atom. The van der Waals surface area contributed by atoms with Crippen LogP contribution in [0.25, 0.3) is 0 Å². The maximum Gasteiger partial charge on any atom is 0.243 e. The van der Waals surface area contributed by atoms with Crippen LogP contribution in [0.15, 0.2) is 23.1 Å². The van der Waals surface area contributed by atoms with E-state index in [1.807, 2.05) is 13.2 Å². The SMILES string of the molecule is CSCC(C)N(C)S(=O)(=O)c1ccc(F)c(N)c1. The zero-order valence-electron chi connectivity index (χ0n) is 10.6. The molecule has 0 amide bonds. The van der Waals surface area contributed by atoms with Crippen LogP contribution < -0.4 is 5.73 Å². The lowest BCUT2D eigenvalue weighted by Crippen LogP contribution is -2.36. The summed E-state index contributed by atoms with van der Waals surface area (Å²) >= 11 is 1.56. The van der Waals surface area contributed by atoms with Gasteiger partial charge in [-0.05, 0) is 31.4 Å². The summed E-state index contributed by atoms with van der Waals surface area (Å²) in [6.45, 7) is 1.82. The number of anilines is 1. The molecule has 1 aromatic rings. The first-order valence-electron chi connectivity index (χ1n) is 5.32. The molecule has 0 spiro atoms. The first kappa shape index (κ1) is 15.3. The largest absolute Gasteiger partial charge is 0.396 e. The monoisotopic (exact) mass is 292 g/mol. The van der Waals surface area contributed by atoms with E-state index in [-0.39, 0.29) is 16.6 Å². The molecular formula is C11H17FN2O2S2. The highest BCUT2D eigenvalue weighted by Gasteiger charge is 2.25. The van der Waals surface area contributed by atoms with Gasteiger partial charge in [0.15, 0.2) is 0 Å². The number of benzene rings is 1. The van der Waals surface area contributed by atoms with Gasteiger partial charge in [0.2, 0.25) is 10.0 Å². The van der Waals surface area contributed by atoms with Gasteiger partial charge in [0, 0.05) is 18.8 Å². The van der Waals surface area contributed by atoms with Gasteiger partial charge in [0.05, 0.1) is 10.6 Å². The molecule has 4 nitrogen and oxygen atoms in total. The Kier molecular flexibility index (Phi) is 5.01. The maximum atomic E-state index is 13.0. The predicted octanol–water partition coefficient (Wildman–Crippen LogP) is 1.78. The van der Waals surface area contributed by atoms with E-state index in [4.69, 9.17) is 5.73 Å². The minimum Gasteiger partial charge on any atom is -0.396 e. The third-order valence-electron chi connectivity index (χ3n) is 2.67. The van der Waals surface area contributed by atoms with E-state index in [2.05, 4.69) is 0 Å². The Bertz CT molecular complexity index is 520. The summed E-state index contributed by atoms with van der Waals surface area (Å²) in [6.07, 6.45) is 1.91. The molecule has 0 aliphatic rings.